The van der Waals surface area contributed by atoms with Crippen molar-refractivity contribution in [2.75, 3.05) is 25.1 Å². The SMILES string of the molecule is O=C(Nc1ccc(C#Cc2cscc2-c2cc(Cl)ccc2O)cc1)[C@@H]1COC2(CCOCC2)N1C(=O)Cc1ccccc1. The van der Waals surface area contributed by atoms with Gasteiger partial charge in [-0.2, -0.15) is 11.3 Å². The molecule has 218 valence electrons. The normalized spacial score (nSPS) is 17.3. The van der Waals surface area contributed by atoms with Crippen molar-refractivity contribution in [1.82, 2.24) is 4.90 Å². The molecule has 1 spiro atoms. The Hall–Kier alpha value is -4.13. The van der Waals surface area contributed by atoms with Crippen LogP contribution in [-0.2, 0) is 25.5 Å². The van der Waals surface area contributed by atoms with Crippen molar-refractivity contribution < 1.29 is 24.2 Å². The van der Waals surface area contributed by atoms with E-state index >= 15 is 0 Å². The topological polar surface area (TPSA) is 88.1 Å². The van der Waals surface area contributed by atoms with Crippen LogP contribution in [0.15, 0.2) is 83.6 Å². The van der Waals surface area contributed by atoms with Crippen molar-refractivity contribution in [1.29, 1.82) is 0 Å². The molecule has 0 radical (unpaired) electrons. The molecular weight excluding hydrogens is 584 g/mol. The quantitative estimate of drug-likeness (QED) is 0.266. The zero-order valence-corrected chi connectivity index (χ0v) is 24.8. The molecule has 2 fully saturated rings. The van der Waals surface area contributed by atoms with Gasteiger partial charge in [0, 0.05) is 51.2 Å². The third-order valence-corrected chi connectivity index (χ3v) is 8.69. The van der Waals surface area contributed by atoms with Crippen molar-refractivity contribution in [3.05, 3.63) is 105 Å². The van der Waals surface area contributed by atoms with Crippen molar-refractivity contribution in [2.24, 2.45) is 0 Å². The van der Waals surface area contributed by atoms with Crippen LogP contribution in [0.3, 0.4) is 0 Å². The maximum absolute atomic E-state index is 13.6. The van der Waals surface area contributed by atoms with E-state index in [0.29, 0.717) is 42.3 Å². The van der Waals surface area contributed by atoms with Crippen molar-refractivity contribution in [3.8, 4) is 28.7 Å². The van der Waals surface area contributed by atoms with Gasteiger partial charge in [-0.15, -0.1) is 0 Å². The summed E-state index contributed by atoms with van der Waals surface area (Å²) in [6.07, 6.45) is 1.23. The minimum Gasteiger partial charge on any atom is -0.507 e. The van der Waals surface area contributed by atoms with Gasteiger partial charge in [-0.05, 0) is 53.4 Å². The lowest BCUT2D eigenvalue weighted by atomic mass is 9.99. The van der Waals surface area contributed by atoms with Crippen LogP contribution in [0.25, 0.3) is 11.1 Å². The summed E-state index contributed by atoms with van der Waals surface area (Å²) in [7, 11) is 0. The highest BCUT2D eigenvalue weighted by Gasteiger charge is 2.53. The van der Waals surface area contributed by atoms with Gasteiger partial charge in [-0.1, -0.05) is 53.8 Å². The molecule has 0 aliphatic carbocycles. The Kier molecular flexibility index (Phi) is 8.50. The molecule has 4 aromatic rings. The summed E-state index contributed by atoms with van der Waals surface area (Å²) in [5.74, 6) is 6.03. The highest BCUT2D eigenvalue weighted by atomic mass is 35.5. The number of carbonyl (C=O) groups excluding carboxylic acids is 2. The minimum absolute atomic E-state index is 0.126. The van der Waals surface area contributed by atoms with Gasteiger partial charge in [-0.25, -0.2) is 0 Å². The number of hydrogen-bond acceptors (Lipinski definition) is 6. The van der Waals surface area contributed by atoms with E-state index in [1.807, 2.05) is 53.2 Å². The van der Waals surface area contributed by atoms with Gasteiger partial charge in [0.05, 0.1) is 26.2 Å². The molecule has 2 aliphatic heterocycles. The number of thiophene rings is 1. The standard InChI is InChI=1S/C34H29ClN2O5S/c35-26-10-13-31(38)28(19-26)29-22-43-21-25(29)9-6-23-7-11-27(12-8-23)36-33(40)30-20-42-34(14-16-41-17-15-34)37(30)32(39)18-24-4-2-1-3-5-24/h1-5,7-8,10-13,19,21-22,30,38H,14-18,20H2,(H,36,40)/t30-/m0/s1. The number of phenolic OH excluding ortho intramolecular Hbond substituents is 1. The molecule has 9 heteroatoms. The van der Waals surface area contributed by atoms with Crippen LogP contribution in [0.5, 0.6) is 5.75 Å². The lowest BCUT2D eigenvalue weighted by Crippen LogP contribution is -2.57. The zero-order chi connectivity index (χ0) is 29.8. The molecule has 0 saturated carbocycles. The third kappa shape index (κ3) is 6.31. The molecule has 0 bridgehead atoms. The highest BCUT2D eigenvalue weighted by molar-refractivity contribution is 7.08. The van der Waals surface area contributed by atoms with E-state index in [4.69, 9.17) is 21.1 Å². The average Bonchev–Trinajstić information content (AvgIpc) is 3.64. The Morgan fingerprint density at radius 3 is 2.53 bits per heavy atom. The maximum Gasteiger partial charge on any atom is 0.249 e. The molecular formula is C34H29ClN2O5S. The molecule has 7 nitrogen and oxygen atoms in total. The van der Waals surface area contributed by atoms with Crippen LogP contribution in [0.1, 0.15) is 29.5 Å². The molecule has 2 saturated heterocycles. The molecule has 3 heterocycles. The van der Waals surface area contributed by atoms with Gasteiger partial charge >= 0.3 is 0 Å². The van der Waals surface area contributed by atoms with Crippen LogP contribution in [-0.4, -0.2) is 53.4 Å². The van der Waals surface area contributed by atoms with Crippen LogP contribution in [0, 0.1) is 11.8 Å². The summed E-state index contributed by atoms with van der Waals surface area (Å²) in [4.78, 5) is 28.8. The van der Waals surface area contributed by atoms with Gasteiger partial charge in [-0.3, -0.25) is 14.5 Å². The molecule has 6 rings (SSSR count). The van der Waals surface area contributed by atoms with Gasteiger partial charge in [0.2, 0.25) is 11.8 Å². The second-order valence-electron chi connectivity index (χ2n) is 10.5. The van der Waals surface area contributed by atoms with Crippen molar-refractivity contribution >= 4 is 40.4 Å². The van der Waals surface area contributed by atoms with Gasteiger partial charge in [0.1, 0.15) is 17.5 Å². The van der Waals surface area contributed by atoms with E-state index in [2.05, 4.69) is 17.2 Å². The van der Waals surface area contributed by atoms with Crippen LogP contribution in [0.2, 0.25) is 5.02 Å². The molecule has 2 amide bonds. The van der Waals surface area contributed by atoms with Crippen LogP contribution < -0.4 is 5.32 Å². The maximum atomic E-state index is 13.6. The van der Waals surface area contributed by atoms with Crippen LogP contribution >= 0.6 is 22.9 Å². The molecule has 2 N–H and O–H groups in total. The number of nitrogens with one attached hydrogen (secondary N) is 1. The van der Waals surface area contributed by atoms with E-state index < -0.39 is 11.8 Å². The largest absolute Gasteiger partial charge is 0.507 e. The first-order valence-corrected chi connectivity index (χ1v) is 15.3. The summed E-state index contributed by atoms with van der Waals surface area (Å²) in [6.45, 7) is 1.07. The minimum atomic E-state index is -0.839. The molecule has 43 heavy (non-hydrogen) atoms. The van der Waals surface area contributed by atoms with E-state index in [1.165, 1.54) is 11.3 Å². The summed E-state index contributed by atoms with van der Waals surface area (Å²) >= 11 is 7.63. The fourth-order valence-corrected chi connectivity index (χ4v) is 6.47. The molecule has 1 aromatic heterocycles. The lowest BCUT2D eigenvalue weighted by molar-refractivity contribution is -0.169. The molecule has 3 aromatic carbocycles. The van der Waals surface area contributed by atoms with E-state index in [0.717, 1.165) is 22.3 Å². The Morgan fingerprint density at radius 2 is 1.77 bits per heavy atom. The number of hydrogen-bond donors (Lipinski definition) is 2. The smallest absolute Gasteiger partial charge is 0.249 e. The number of halogens is 1. The summed E-state index contributed by atoms with van der Waals surface area (Å²) in [5.41, 5.74) is 3.63. The Labute approximate surface area is 259 Å². The second-order valence-corrected chi connectivity index (χ2v) is 11.7. The number of ether oxygens (including phenoxy) is 2. The molecule has 0 unspecified atom stereocenters. The zero-order valence-electron chi connectivity index (χ0n) is 23.2. The Morgan fingerprint density at radius 1 is 1.00 bits per heavy atom. The first kappa shape index (κ1) is 29.0. The molecule has 2 aliphatic rings. The number of phenols is 1. The van der Waals surface area contributed by atoms with E-state index in [-0.39, 0.29) is 30.6 Å². The number of carbonyl (C=O) groups is 2. The fourth-order valence-electron chi connectivity index (χ4n) is 5.52. The highest BCUT2D eigenvalue weighted by Crippen LogP contribution is 2.38. The predicted octanol–water partition coefficient (Wildman–Crippen LogP) is 6.09. The Bertz CT molecular complexity index is 1690. The number of nitrogens with zero attached hydrogens (tertiary/aromatic N) is 1. The van der Waals surface area contributed by atoms with Crippen molar-refractivity contribution in [2.45, 2.75) is 31.0 Å². The third-order valence-electron chi connectivity index (χ3n) is 7.71. The van der Waals surface area contributed by atoms with E-state index in [1.54, 1.807) is 35.2 Å². The predicted molar refractivity (Wildman–Crippen MR) is 167 cm³/mol. The average molecular weight is 613 g/mol. The van der Waals surface area contributed by atoms with E-state index in [9.17, 15) is 14.7 Å². The second kappa shape index (κ2) is 12.6. The van der Waals surface area contributed by atoms with Gasteiger partial charge < -0.3 is 19.9 Å². The Balaban J connectivity index is 1.16. The van der Waals surface area contributed by atoms with Crippen LogP contribution in [0.4, 0.5) is 5.69 Å². The fraction of sp³-hybridized carbons (Fsp3) is 0.235. The van der Waals surface area contributed by atoms with Crippen molar-refractivity contribution in [3.63, 3.8) is 0 Å². The summed E-state index contributed by atoms with van der Waals surface area (Å²) in [5, 5.41) is 17.7. The number of benzene rings is 3. The van der Waals surface area contributed by atoms with Gasteiger partial charge in [0.25, 0.3) is 0 Å². The molecule has 1 atom stereocenters. The summed E-state index contributed by atoms with van der Waals surface area (Å²) in [6, 6.07) is 20.9. The van der Waals surface area contributed by atoms with Gasteiger partial charge in [0.15, 0.2) is 0 Å². The first-order valence-electron chi connectivity index (χ1n) is 14.0. The number of anilines is 1. The monoisotopic (exact) mass is 612 g/mol. The lowest BCUT2D eigenvalue weighted by Gasteiger charge is -2.41. The first-order chi connectivity index (χ1) is 20.9. The number of rotatable bonds is 5. The number of aromatic hydroxyl groups is 1. The number of amides is 2. The summed E-state index contributed by atoms with van der Waals surface area (Å²) < 4.78 is 11.7.